The quantitative estimate of drug-likeness (QED) is 0.596. The highest BCUT2D eigenvalue weighted by Gasteiger charge is 2.19. The summed E-state index contributed by atoms with van der Waals surface area (Å²) >= 11 is 0. The zero-order chi connectivity index (χ0) is 13.4. The van der Waals surface area contributed by atoms with Crippen LogP contribution in [-0.2, 0) is 4.79 Å². The molecule has 0 aromatic rings. The van der Waals surface area contributed by atoms with Gasteiger partial charge in [-0.1, -0.05) is 13.8 Å². The lowest BCUT2D eigenvalue weighted by Crippen LogP contribution is -2.37. The second kappa shape index (κ2) is 8.36. The summed E-state index contributed by atoms with van der Waals surface area (Å²) in [6.07, 6.45) is -3.61. The second-order valence-corrected chi connectivity index (χ2v) is 4.64. The zero-order valence-corrected chi connectivity index (χ0v) is 10.3. The SMILES string of the molecule is CC(C)C[C@H](CN)CC(=O)NCC(O)C(F)F. The van der Waals surface area contributed by atoms with Gasteiger partial charge in [-0.3, -0.25) is 4.79 Å². The number of aliphatic hydroxyl groups excluding tert-OH is 1. The number of aliphatic hydroxyl groups is 1. The van der Waals surface area contributed by atoms with E-state index < -0.39 is 19.1 Å². The molecule has 1 unspecified atom stereocenters. The molecular formula is C11H22F2N2O2. The summed E-state index contributed by atoms with van der Waals surface area (Å²) < 4.78 is 23.9. The van der Waals surface area contributed by atoms with Gasteiger partial charge in [0.05, 0.1) is 0 Å². The highest BCUT2D eigenvalue weighted by molar-refractivity contribution is 5.76. The maximum Gasteiger partial charge on any atom is 0.265 e. The van der Waals surface area contributed by atoms with E-state index in [0.717, 1.165) is 6.42 Å². The fourth-order valence-electron chi connectivity index (χ4n) is 1.57. The van der Waals surface area contributed by atoms with Gasteiger partial charge in [0.25, 0.3) is 6.43 Å². The molecule has 0 spiro atoms. The van der Waals surface area contributed by atoms with Crippen molar-refractivity contribution in [2.24, 2.45) is 17.6 Å². The minimum absolute atomic E-state index is 0.0543. The Morgan fingerprint density at radius 1 is 1.41 bits per heavy atom. The van der Waals surface area contributed by atoms with E-state index in [2.05, 4.69) is 5.32 Å². The Labute approximate surface area is 101 Å². The van der Waals surface area contributed by atoms with Crippen LogP contribution in [0.3, 0.4) is 0 Å². The Bertz CT molecular complexity index is 226. The lowest BCUT2D eigenvalue weighted by molar-refractivity contribution is -0.123. The molecule has 4 nitrogen and oxygen atoms in total. The van der Waals surface area contributed by atoms with Crippen molar-refractivity contribution in [3.05, 3.63) is 0 Å². The smallest absolute Gasteiger partial charge is 0.265 e. The van der Waals surface area contributed by atoms with Crippen LogP contribution in [0.2, 0.25) is 0 Å². The molecule has 0 rings (SSSR count). The number of alkyl halides is 2. The maximum atomic E-state index is 12.0. The van der Waals surface area contributed by atoms with Crippen LogP contribution >= 0.6 is 0 Å². The predicted molar refractivity (Wildman–Crippen MR) is 61.6 cm³/mol. The number of halogens is 2. The maximum absolute atomic E-state index is 12.0. The monoisotopic (exact) mass is 252 g/mol. The minimum Gasteiger partial charge on any atom is -0.385 e. The molecule has 0 heterocycles. The van der Waals surface area contributed by atoms with Crippen LogP contribution in [0.1, 0.15) is 26.7 Å². The molecule has 0 bridgehead atoms. The molecule has 0 radical (unpaired) electrons. The van der Waals surface area contributed by atoms with Gasteiger partial charge in [0.15, 0.2) is 0 Å². The largest absolute Gasteiger partial charge is 0.385 e. The van der Waals surface area contributed by atoms with Crippen LogP contribution in [0.5, 0.6) is 0 Å². The first kappa shape index (κ1) is 16.2. The minimum atomic E-state index is -2.84. The van der Waals surface area contributed by atoms with Crippen molar-refractivity contribution in [1.82, 2.24) is 5.32 Å². The third kappa shape index (κ3) is 8.04. The highest BCUT2D eigenvalue weighted by Crippen LogP contribution is 2.13. The summed E-state index contributed by atoms with van der Waals surface area (Å²) in [4.78, 5) is 11.4. The topological polar surface area (TPSA) is 75.4 Å². The van der Waals surface area contributed by atoms with Gasteiger partial charge in [-0.15, -0.1) is 0 Å². The van der Waals surface area contributed by atoms with Crippen molar-refractivity contribution in [3.63, 3.8) is 0 Å². The average Bonchev–Trinajstić information content (AvgIpc) is 2.23. The van der Waals surface area contributed by atoms with Crippen LogP contribution in [0.25, 0.3) is 0 Å². The summed E-state index contributed by atoms with van der Waals surface area (Å²) in [5.74, 6) is 0.141. The molecule has 1 amide bonds. The average molecular weight is 252 g/mol. The molecular weight excluding hydrogens is 230 g/mol. The molecule has 0 saturated carbocycles. The van der Waals surface area contributed by atoms with Crippen LogP contribution in [0, 0.1) is 11.8 Å². The van der Waals surface area contributed by atoms with Gasteiger partial charge in [-0.25, -0.2) is 8.78 Å². The van der Waals surface area contributed by atoms with E-state index in [9.17, 15) is 13.6 Å². The van der Waals surface area contributed by atoms with Crippen LogP contribution < -0.4 is 11.1 Å². The Kier molecular flexibility index (Phi) is 7.99. The number of nitrogens with two attached hydrogens (primary N) is 1. The number of hydrogen-bond donors (Lipinski definition) is 3. The third-order valence-electron chi connectivity index (χ3n) is 2.41. The molecule has 102 valence electrons. The first-order chi connectivity index (χ1) is 7.86. The molecule has 6 heteroatoms. The number of rotatable bonds is 8. The van der Waals surface area contributed by atoms with Crippen molar-refractivity contribution in [1.29, 1.82) is 0 Å². The third-order valence-corrected chi connectivity index (χ3v) is 2.41. The number of nitrogens with one attached hydrogen (secondary N) is 1. The Hall–Kier alpha value is -0.750. The molecule has 0 aromatic heterocycles. The number of amides is 1. The van der Waals surface area contributed by atoms with Crippen molar-refractivity contribution in [3.8, 4) is 0 Å². The fraction of sp³-hybridized carbons (Fsp3) is 0.909. The normalized spacial score (nSPS) is 15.1. The van der Waals surface area contributed by atoms with Crippen LogP contribution in [-0.4, -0.2) is 36.6 Å². The Morgan fingerprint density at radius 3 is 2.41 bits per heavy atom. The first-order valence-corrected chi connectivity index (χ1v) is 5.79. The van der Waals surface area contributed by atoms with E-state index in [4.69, 9.17) is 10.8 Å². The lowest BCUT2D eigenvalue weighted by Gasteiger charge is -2.17. The van der Waals surface area contributed by atoms with E-state index in [0.29, 0.717) is 12.5 Å². The Morgan fingerprint density at radius 2 is 2.00 bits per heavy atom. The van der Waals surface area contributed by atoms with E-state index in [1.807, 2.05) is 13.8 Å². The molecule has 0 aliphatic heterocycles. The van der Waals surface area contributed by atoms with Crippen molar-refractivity contribution >= 4 is 5.91 Å². The zero-order valence-electron chi connectivity index (χ0n) is 10.3. The van der Waals surface area contributed by atoms with Gasteiger partial charge in [0, 0.05) is 13.0 Å². The number of carbonyl (C=O) groups excluding carboxylic acids is 1. The molecule has 0 aromatic carbocycles. The summed E-state index contributed by atoms with van der Waals surface area (Å²) in [6.45, 7) is 4.03. The molecule has 0 aliphatic carbocycles. The summed E-state index contributed by atoms with van der Waals surface area (Å²) in [7, 11) is 0. The predicted octanol–water partition coefficient (Wildman–Crippen LogP) is 0.740. The number of carbonyl (C=O) groups is 1. The highest BCUT2D eigenvalue weighted by atomic mass is 19.3. The van der Waals surface area contributed by atoms with Crippen molar-refractivity contribution < 1.29 is 18.7 Å². The van der Waals surface area contributed by atoms with E-state index in [1.165, 1.54) is 0 Å². The van der Waals surface area contributed by atoms with Gasteiger partial charge >= 0.3 is 0 Å². The number of hydrogen-bond acceptors (Lipinski definition) is 3. The molecule has 0 fully saturated rings. The van der Waals surface area contributed by atoms with E-state index in [1.54, 1.807) is 0 Å². The van der Waals surface area contributed by atoms with E-state index >= 15 is 0 Å². The lowest BCUT2D eigenvalue weighted by atomic mass is 9.94. The van der Waals surface area contributed by atoms with Crippen molar-refractivity contribution in [2.75, 3.05) is 13.1 Å². The fourth-order valence-corrected chi connectivity index (χ4v) is 1.57. The Balaban J connectivity index is 3.90. The first-order valence-electron chi connectivity index (χ1n) is 5.79. The standard InChI is InChI=1S/C11H22F2N2O2/c1-7(2)3-8(5-14)4-10(17)15-6-9(16)11(12)13/h7-9,11,16H,3-6,14H2,1-2H3,(H,15,17)/t8-,9?/m0/s1. The molecule has 0 saturated heterocycles. The molecule has 2 atom stereocenters. The summed E-state index contributed by atoms with van der Waals surface area (Å²) in [5, 5.41) is 11.1. The van der Waals surface area contributed by atoms with Gasteiger partial charge in [-0.05, 0) is 24.8 Å². The van der Waals surface area contributed by atoms with Gasteiger partial charge in [0.1, 0.15) is 6.10 Å². The van der Waals surface area contributed by atoms with Gasteiger partial charge < -0.3 is 16.2 Å². The second-order valence-electron chi connectivity index (χ2n) is 4.64. The van der Waals surface area contributed by atoms with Gasteiger partial charge in [0.2, 0.25) is 5.91 Å². The van der Waals surface area contributed by atoms with Crippen LogP contribution in [0.4, 0.5) is 8.78 Å². The molecule has 0 aliphatic rings. The molecule has 17 heavy (non-hydrogen) atoms. The van der Waals surface area contributed by atoms with Crippen molar-refractivity contribution in [2.45, 2.75) is 39.2 Å². The molecule has 4 N–H and O–H groups in total. The summed E-state index contributed by atoms with van der Waals surface area (Å²) in [5.41, 5.74) is 5.52. The summed E-state index contributed by atoms with van der Waals surface area (Å²) in [6, 6.07) is 0. The van der Waals surface area contributed by atoms with E-state index in [-0.39, 0.29) is 18.2 Å². The van der Waals surface area contributed by atoms with Crippen LogP contribution in [0.15, 0.2) is 0 Å². The van der Waals surface area contributed by atoms with Gasteiger partial charge in [-0.2, -0.15) is 0 Å².